The number of para-hydroxylation sites is 1. The number of nitrogens with zero attached hydrogens (tertiary/aromatic N) is 3. The Hall–Kier alpha value is -3.12. The minimum Gasteiger partial charge on any atom is -0.454 e. The van der Waals surface area contributed by atoms with Crippen LogP contribution < -0.4 is 9.47 Å². The normalized spacial score (nSPS) is 16.5. The maximum atomic E-state index is 13.0. The molecule has 2 aliphatic heterocycles. The zero-order valence-corrected chi connectivity index (χ0v) is 15.5. The van der Waals surface area contributed by atoms with Crippen molar-refractivity contribution in [3.8, 4) is 11.5 Å². The topological polar surface area (TPSA) is 54.9 Å². The van der Waals surface area contributed by atoms with Crippen LogP contribution in [0.2, 0.25) is 0 Å². The van der Waals surface area contributed by atoms with Crippen molar-refractivity contribution >= 4 is 16.8 Å². The van der Waals surface area contributed by atoms with E-state index >= 15 is 0 Å². The first-order valence-electron chi connectivity index (χ1n) is 9.52. The third-order valence-electron chi connectivity index (χ3n) is 5.37. The number of piperazine rings is 1. The van der Waals surface area contributed by atoms with E-state index in [1.54, 1.807) is 6.20 Å². The average Bonchev–Trinajstić information content (AvgIpc) is 3.21. The molecule has 6 nitrogen and oxygen atoms in total. The number of carbonyl (C=O) groups is 1. The number of carbonyl (C=O) groups excluding carboxylic acids is 1. The summed E-state index contributed by atoms with van der Waals surface area (Å²) in [7, 11) is 0. The summed E-state index contributed by atoms with van der Waals surface area (Å²) in [5.41, 5.74) is 2.65. The predicted molar refractivity (Wildman–Crippen MR) is 105 cm³/mol. The quantitative estimate of drug-likeness (QED) is 0.705. The van der Waals surface area contributed by atoms with Gasteiger partial charge in [0.1, 0.15) is 0 Å². The summed E-state index contributed by atoms with van der Waals surface area (Å²) in [6, 6.07) is 15.7. The number of rotatable bonds is 3. The van der Waals surface area contributed by atoms with E-state index in [1.807, 2.05) is 47.4 Å². The fourth-order valence-corrected chi connectivity index (χ4v) is 3.85. The Morgan fingerprint density at radius 3 is 2.68 bits per heavy atom. The Morgan fingerprint density at radius 1 is 0.964 bits per heavy atom. The van der Waals surface area contributed by atoms with Gasteiger partial charge in [0, 0.05) is 44.3 Å². The molecular weight excluding hydrogens is 354 g/mol. The molecule has 0 unspecified atom stereocenters. The van der Waals surface area contributed by atoms with Gasteiger partial charge in [-0.2, -0.15) is 0 Å². The Balaban J connectivity index is 1.25. The smallest absolute Gasteiger partial charge is 0.256 e. The fourth-order valence-electron chi connectivity index (χ4n) is 3.85. The Bertz CT molecular complexity index is 1020. The van der Waals surface area contributed by atoms with E-state index in [2.05, 4.69) is 16.0 Å². The highest BCUT2D eigenvalue weighted by Gasteiger charge is 2.24. The minimum atomic E-state index is 0.0621. The maximum Gasteiger partial charge on any atom is 0.256 e. The Kier molecular flexibility index (Phi) is 4.33. The number of benzene rings is 2. The molecule has 3 heterocycles. The van der Waals surface area contributed by atoms with Crippen molar-refractivity contribution in [1.29, 1.82) is 0 Å². The largest absolute Gasteiger partial charge is 0.454 e. The molecule has 0 atom stereocenters. The summed E-state index contributed by atoms with van der Waals surface area (Å²) in [5, 5.41) is 0.995. The van der Waals surface area contributed by atoms with Gasteiger partial charge in [-0.25, -0.2) is 0 Å². The van der Waals surface area contributed by atoms with Crippen molar-refractivity contribution in [3.63, 3.8) is 0 Å². The van der Waals surface area contributed by atoms with Crippen molar-refractivity contribution < 1.29 is 14.3 Å². The zero-order chi connectivity index (χ0) is 18.9. The maximum absolute atomic E-state index is 13.0. The van der Waals surface area contributed by atoms with Crippen molar-refractivity contribution in [2.24, 2.45) is 0 Å². The lowest BCUT2D eigenvalue weighted by molar-refractivity contribution is 0.0630. The van der Waals surface area contributed by atoms with Crippen LogP contribution in [-0.2, 0) is 6.54 Å². The Labute approximate surface area is 163 Å². The molecule has 6 heteroatoms. The lowest BCUT2D eigenvalue weighted by Crippen LogP contribution is -2.48. The van der Waals surface area contributed by atoms with E-state index in [4.69, 9.17) is 9.47 Å². The van der Waals surface area contributed by atoms with Crippen molar-refractivity contribution in [1.82, 2.24) is 14.8 Å². The predicted octanol–water partition coefficient (Wildman–Crippen LogP) is 2.92. The Morgan fingerprint density at radius 2 is 1.79 bits per heavy atom. The molecule has 0 N–H and O–H groups in total. The first-order valence-corrected chi connectivity index (χ1v) is 9.52. The zero-order valence-electron chi connectivity index (χ0n) is 15.5. The number of hydrogen-bond donors (Lipinski definition) is 0. The van der Waals surface area contributed by atoms with E-state index in [-0.39, 0.29) is 5.91 Å². The molecule has 0 radical (unpaired) electrons. The molecule has 28 heavy (non-hydrogen) atoms. The second kappa shape index (κ2) is 7.13. The van der Waals surface area contributed by atoms with Gasteiger partial charge in [-0.15, -0.1) is 0 Å². The lowest BCUT2D eigenvalue weighted by atomic mass is 10.1. The number of amides is 1. The third-order valence-corrected chi connectivity index (χ3v) is 5.37. The van der Waals surface area contributed by atoms with Crippen LogP contribution in [0.15, 0.2) is 54.7 Å². The van der Waals surface area contributed by atoms with Crippen LogP contribution in [0.25, 0.3) is 10.9 Å². The summed E-state index contributed by atoms with van der Waals surface area (Å²) >= 11 is 0. The van der Waals surface area contributed by atoms with Crippen LogP contribution in [0.4, 0.5) is 0 Å². The SMILES string of the molecule is O=C(c1cccc2cccnc12)N1CCN(Cc2ccc3c(c2)OCO3)CC1. The molecular formula is C22H21N3O3. The minimum absolute atomic E-state index is 0.0621. The number of fused-ring (bicyclic) bond motifs is 2. The number of aromatic nitrogens is 1. The number of pyridine rings is 1. The van der Waals surface area contributed by atoms with E-state index in [0.29, 0.717) is 25.4 Å². The van der Waals surface area contributed by atoms with Gasteiger partial charge in [0.2, 0.25) is 6.79 Å². The van der Waals surface area contributed by atoms with Gasteiger partial charge < -0.3 is 14.4 Å². The second-order valence-electron chi connectivity index (χ2n) is 7.14. The molecule has 1 saturated heterocycles. The standard InChI is InChI=1S/C22H21N3O3/c26-22(18-5-1-3-17-4-2-8-23-21(17)18)25-11-9-24(10-12-25)14-16-6-7-19-20(13-16)28-15-27-19/h1-8,13H,9-12,14-15H2. The molecule has 5 rings (SSSR count). The average molecular weight is 375 g/mol. The molecule has 0 aliphatic carbocycles. The molecule has 1 aromatic heterocycles. The van der Waals surface area contributed by atoms with Crippen molar-refractivity contribution in [3.05, 3.63) is 65.9 Å². The fraction of sp³-hybridized carbons (Fsp3) is 0.273. The first-order chi connectivity index (χ1) is 13.8. The molecule has 2 aromatic carbocycles. The van der Waals surface area contributed by atoms with Gasteiger partial charge in [-0.3, -0.25) is 14.7 Å². The van der Waals surface area contributed by atoms with Crippen LogP contribution in [0.5, 0.6) is 11.5 Å². The van der Waals surface area contributed by atoms with Crippen LogP contribution >= 0.6 is 0 Å². The summed E-state index contributed by atoms with van der Waals surface area (Å²) in [6.07, 6.45) is 1.74. The summed E-state index contributed by atoms with van der Waals surface area (Å²) in [5.74, 6) is 1.68. The number of ether oxygens (including phenoxy) is 2. The van der Waals surface area contributed by atoms with Gasteiger partial charge in [-0.05, 0) is 29.8 Å². The van der Waals surface area contributed by atoms with E-state index < -0.39 is 0 Å². The molecule has 1 amide bonds. The van der Waals surface area contributed by atoms with Crippen LogP contribution in [0.1, 0.15) is 15.9 Å². The van der Waals surface area contributed by atoms with E-state index in [9.17, 15) is 4.79 Å². The van der Waals surface area contributed by atoms with Crippen LogP contribution in [-0.4, -0.2) is 53.7 Å². The highest BCUT2D eigenvalue weighted by atomic mass is 16.7. The highest BCUT2D eigenvalue weighted by molar-refractivity contribution is 6.05. The summed E-state index contributed by atoms with van der Waals surface area (Å²) < 4.78 is 10.8. The molecule has 0 spiro atoms. The van der Waals surface area contributed by atoms with Gasteiger partial charge in [0.05, 0.1) is 11.1 Å². The monoisotopic (exact) mass is 375 g/mol. The molecule has 0 saturated carbocycles. The van der Waals surface area contributed by atoms with Gasteiger partial charge >= 0.3 is 0 Å². The summed E-state index contributed by atoms with van der Waals surface area (Å²) in [4.78, 5) is 21.8. The third kappa shape index (κ3) is 3.16. The van der Waals surface area contributed by atoms with Crippen molar-refractivity contribution in [2.45, 2.75) is 6.54 Å². The van der Waals surface area contributed by atoms with Crippen LogP contribution in [0.3, 0.4) is 0 Å². The second-order valence-corrected chi connectivity index (χ2v) is 7.14. The molecule has 1 fully saturated rings. The number of hydrogen-bond acceptors (Lipinski definition) is 5. The molecule has 0 bridgehead atoms. The highest BCUT2D eigenvalue weighted by Crippen LogP contribution is 2.32. The first kappa shape index (κ1) is 17.0. The van der Waals surface area contributed by atoms with Gasteiger partial charge in [0.15, 0.2) is 11.5 Å². The molecule has 2 aliphatic rings. The molecule has 3 aromatic rings. The van der Waals surface area contributed by atoms with Crippen molar-refractivity contribution in [2.75, 3.05) is 33.0 Å². The lowest BCUT2D eigenvalue weighted by Gasteiger charge is -2.35. The van der Waals surface area contributed by atoms with E-state index in [0.717, 1.165) is 42.0 Å². The van der Waals surface area contributed by atoms with Crippen LogP contribution in [0, 0.1) is 0 Å². The summed E-state index contributed by atoms with van der Waals surface area (Å²) in [6.45, 7) is 4.26. The van der Waals surface area contributed by atoms with Gasteiger partial charge in [-0.1, -0.05) is 24.3 Å². The molecule has 142 valence electrons. The van der Waals surface area contributed by atoms with Gasteiger partial charge in [0.25, 0.3) is 5.91 Å². The van der Waals surface area contributed by atoms with E-state index in [1.165, 1.54) is 5.56 Å².